The third-order valence-corrected chi connectivity index (χ3v) is 7.64. The Morgan fingerprint density at radius 2 is 1.76 bits per heavy atom. The van der Waals surface area contributed by atoms with Crippen LogP contribution >= 0.6 is 0 Å². The number of nitrogens with one attached hydrogen (secondary N) is 3. The van der Waals surface area contributed by atoms with Crippen molar-refractivity contribution in [3.63, 3.8) is 0 Å². The van der Waals surface area contributed by atoms with Gasteiger partial charge in [0.15, 0.2) is 0 Å². The molecule has 0 spiro atoms. The summed E-state index contributed by atoms with van der Waals surface area (Å²) in [4.78, 5) is 55.2. The maximum absolute atomic E-state index is 13.7. The topological polar surface area (TPSA) is 140 Å². The van der Waals surface area contributed by atoms with E-state index in [1.54, 1.807) is 18.7 Å². The minimum atomic E-state index is -1.30. The predicted molar refractivity (Wildman–Crippen MR) is 140 cm³/mol. The highest BCUT2D eigenvalue weighted by Crippen LogP contribution is 2.22. The molecule has 38 heavy (non-hydrogen) atoms. The Morgan fingerprint density at radius 1 is 1.03 bits per heavy atom. The summed E-state index contributed by atoms with van der Waals surface area (Å²) in [6.07, 6.45) is 4.19. The smallest absolute Gasteiger partial charge is 0.246 e. The number of epoxide rings is 1. The molecule has 5 unspecified atom stereocenters. The van der Waals surface area contributed by atoms with Gasteiger partial charge in [-0.1, -0.05) is 49.6 Å². The summed E-state index contributed by atoms with van der Waals surface area (Å²) >= 11 is 0. The average molecular weight is 529 g/mol. The molecule has 1 aromatic carbocycles. The molecule has 208 valence electrons. The maximum Gasteiger partial charge on any atom is 0.246 e. The fourth-order valence-corrected chi connectivity index (χ4v) is 5.22. The normalized spacial score (nSPS) is 28.3. The van der Waals surface area contributed by atoms with E-state index in [1.807, 2.05) is 30.3 Å². The van der Waals surface area contributed by atoms with E-state index in [0.29, 0.717) is 45.3 Å². The molecule has 3 aliphatic heterocycles. The lowest BCUT2D eigenvalue weighted by molar-refractivity contribution is -0.144. The first-order valence-electron chi connectivity index (χ1n) is 13.7. The lowest BCUT2D eigenvalue weighted by atomic mass is 9.98. The minimum absolute atomic E-state index is 0.0517. The van der Waals surface area contributed by atoms with Crippen LogP contribution in [0.4, 0.5) is 0 Å². The van der Waals surface area contributed by atoms with Crippen molar-refractivity contribution in [2.45, 2.75) is 101 Å². The summed E-state index contributed by atoms with van der Waals surface area (Å²) in [5.74, 6) is -1.53. The van der Waals surface area contributed by atoms with Gasteiger partial charge in [-0.3, -0.25) is 19.2 Å². The molecule has 3 heterocycles. The van der Waals surface area contributed by atoms with E-state index >= 15 is 0 Å². The van der Waals surface area contributed by atoms with Crippen molar-refractivity contribution in [2.24, 2.45) is 0 Å². The van der Waals surface area contributed by atoms with Gasteiger partial charge >= 0.3 is 0 Å². The first kappa shape index (κ1) is 28.0. The molecule has 4 rings (SSSR count). The highest BCUT2D eigenvalue weighted by molar-refractivity contribution is 5.99. The largest absolute Gasteiger partial charge is 0.390 e. The zero-order valence-corrected chi connectivity index (χ0v) is 22.3. The molecule has 0 bridgehead atoms. The molecule has 3 fully saturated rings. The van der Waals surface area contributed by atoms with E-state index in [0.717, 1.165) is 18.4 Å². The number of ether oxygens (including phenoxy) is 1. The fourth-order valence-electron chi connectivity index (χ4n) is 5.22. The van der Waals surface area contributed by atoms with Crippen molar-refractivity contribution in [1.29, 1.82) is 0 Å². The first-order chi connectivity index (χ1) is 18.2. The van der Waals surface area contributed by atoms with Gasteiger partial charge in [0, 0.05) is 13.0 Å². The van der Waals surface area contributed by atoms with Crippen molar-refractivity contribution in [2.75, 3.05) is 13.2 Å². The molecule has 0 saturated carbocycles. The van der Waals surface area contributed by atoms with E-state index in [4.69, 9.17) is 4.74 Å². The summed E-state index contributed by atoms with van der Waals surface area (Å²) in [6.45, 7) is 4.21. The zero-order chi connectivity index (χ0) is 27.3. The second-order valence-corrected chi connectivity index (χ2v) is 11.2. The molecule has 1 aromatic rings. The monoisotopic (exact) mass is 528 g/mol. The number of hydrogen-bond acceptors (Lipinski definition) is 6. The van der Waals surface area contributed by atoms with Crippen LogP contribution in [0.3, 0.4) is 0 Å². The summed E-state index contributed by atoms with van der Waals surface area (Å²) < 4.78 is 5.11. The van der Waals surface area contributed by atoms with Gasteiger partial charge in [0.2, 0.25) is 23.6 Å². The molecule has 0 radical (unpaired) electrons. The summed E-state index contributed by atoms with van der Waals surface area (Å²) in [6, 6.07) is 7.03. The van der Waals surface area contributed by atoms with Crippen LogP contribution in [0.5, 0.6) is 0 Å². The van der Waals surface area contributed by atoms with Crippen molar-refractivity contribution >= 4 is 23.6 Å². The van der Waals surface area contributed by atoms with Gasteiger partial charge in [-0.25, -0.2) is 0 Å². The maximum atomic E-state index is 13.7. The third kappa shape index (κ3) is 7.11. The van der Waals surface area contributed by atoms with Gasteiger partial charge in [-0.05, 0) is 45.1 Å². The number of amides is 4. The van der Waals surface area contributed by atoms with Crippen molar-refractivity contribution in [1.82, 2.24) is 20.9 Å². The van der Waals surface area contributed by atoms with Crippen LogP contribution in [-0.2, 0) is 30.3 Å². The van der Waals surface area contributed by atoms with Crippen LogP contribution in [0.25, 0.3) is 0 Å². The van der Waals surface area contributed by atoms with Crippen LogP contribution in [0.15, 0.2) is 30.3 Å². The average Bonchev–Trinajstić information content (AvgIpc) is 3.62. The molecule has 10 heteroatoms. The van der Waals surface area contributed by atoms with Gasteiger partial charge < -0.3 is 30.7 Å². The first-order valence-corrected chi connectivity index (χ1v) is 13.7. The summed E-state index contributed by atoms with van der Waals surface area (Å²) in [5, 5.41) is 18.5. The molecule has 0 aromatic heterocycles. The highest BCUT2D eigenvalue weighted by atomic mass is 16.6. The number of unbranched alkanes of at least 4 members (excludes halogenated alkanes) is 2. The SMILES string of the molecule is CC1(C)NC(=O)C(CCCCCC(O)C2CO2)NC(=O)C2CCCN2C(=O)C(Cc2ccccc2)NC1=O. The van der Waals surface area contributed by atoms with Crippen molar-refractivity contribution < 1.29 is 29.0 Å². The number of carbonyl (C=O) groups excluding carboxylic acids is 4. The van der Waals surface area contributed by atoms with Gasteiger partial charge in [0.1, 0.15) is 29.8 Å². The van der Waals surface area contributed by atoms with Gasteiger partial charge in [-0.15, -0.1) is 0 Å². The van der Waals surface area contributed by atoms with E-state index in [-0.39, 0.29) is 24.3 Å². The number of hydrogen-bond donors (Lipinski definition) is 4. The zero-order valence-electron chi connectivity index (χ0n) is 22.3. The molecule has 4 amide bonds. The van der Waals surface area contributed by atoms with Crippen LogP contribution in [-0.4, -0.2) is 82.7 Å². The second-order valence-electron chi connectivity index (χ2n) is 11.2. The number of fused-ring (bicyclic) bond motifs is 1. The Balaban J connectivity index is 1.47. The number of aliphatic hydroxyl groups excluding tert-OH is 1. The van der Waals surface area contributed by atoms with Crippen molar-refractivity contribution in [3.8, 4) is 0 Å². The van der Waals surface area contributed by atoms with Crippen molar-refractivity contribution in [3.05, 3.63) is 35.9 Å². The Bertz CT molecular complexity index is 1010. The molecule has 0 aliphatic carbocycles. The van der Waals surface area contributed by atoms with Crippen LogP contribution in [0.2, 0.25) is 0 Å². The summed E-state index contributed by atoms with van der Waals surface area (Å²) in [7, 11) is 0. The fraction of sp³-hybridized carbons (Fsp3) is 0.643. The highest BCUT2D eigenvalue weighted by Gasteiger charge is 2.42. The van der Waals surface area contributed by atoms with E-state index in [9.17, 15) is 24.3 Å². The standard InChI is InChI=1S/C28H40N4O6/c1-28(2)27(37)30-20(16-18-10-5-3-6-11-18)26(36)32-15-9-13-21(32)25(35)29-19(24(34)31-28)12-7-4-8-14-22(33)23-17-38-23/h3,5-6,10-11,19-23,33H,4,7-9,12-17H2,1-2H3,(H,29,35)(H,30,37)(H,31,34). The second kappa shape index (κ2) is 12.3. The molecular weight excluding hydrogens is 488 g/mol. The number of rotatable bonds is 9. The lowest BCUT2D eigenvalue weighted by Gasteiger charge is -2.34. The Labute approximate surface area is 223 Å². The molecule has 10 nitrogen and oxygen atoms in total. The molecule has 3 aliphatic rings. The van der Waals surface area contributed by atoms with E-state index in [2.05, 4.69) is 16.0 Å². The molecule has 5 atom stereocenters. The van der Waals surface area contributed by atoms with E-state index in [1.165, 1.54) is 0 Å². The number of aliphatic hydroxyl groups is 1. The van der Waals surface area contributed by atoms with Gasteiger partial charge in [0.05, 0.1) is 12.7 Å². The summed E-state index contributed by atoms with van der Waals surface area (Å²) in [5.41, 5.74) is -0.412. The molecular formula is C28H40N4O6. The predicted octanol–water partition coefficient (Wildman–Crippen LogP) is 0.808. The quantitative estimate of drug-likeness (QED) is 0.276. The van der Waals surface area contributed by atoms with Crippen LogP contribution < -0.4 is 16.0 Å². The Morgan fingerprint density at radius 3 is 2.47 bits per heavy atom. The Kier molecular flexibility index (Phi) is 9.04. The molecule has 4 N–H and O–H groups in total. The molecule has 3 saturated heterocycles. The van der Waals surface area contributed by atoms with E-state index < -0.39 is 41.6 Å². The lowest BCUT2D eigenvalue weighted by Crippen LogP contribution is -2.64. The van der Waals surface area contributed by atoms with Crippen LogP contribution in [0, 0.1) is 0 Å². The van der Waals surface area contributed by atoms with Gasteiger partial charge in [0.25, 0.3) is 0 Å². The number of carbonyl (C=O) groups is 4. The number of benzene rings is 1. The van der Waals surface area contributed by atoms with Gasteiger partial charge in [-0.2, -0.15) is 0 Å². The Hall–Kier alpha value is -2.98. The number of nitrogens with zero attached hydrogens (tertiary/aromatic N) is 1. The minimum Gasteiger partial charge on any atom is -0.390 e. The third-order valence-electron chi connectivity index (χ3n) is 7.64. The van der Waals surface area contributed by atoms with Crippen LogP contribution in [0.1, 0.15) is 64.4 Å².